The SMILES string of the molecule is [O-][S+](Cl)Cl.[P]. The van der Waals surface area contributed by atoms with Crippen molar-refractivity contribution < 1.29 is 4.55 Å². The summed E-state index contributed by atoms with van der Waals surface area (Å²) in [5.41, 5.74) is 0. The molecule has 0 aliphatic rings. The molecule has 31 valence electrons. The smallest absolute Gasteiger partial charge is 0.198 e. The Morgan fingerprint density at radius 2 is 1.40 bits per heavy atom. The first-order valence-corrected chi connectivity index (χ1v) is 3.28. The zero-order chi connectivity index (χ0) is 3.58. The summed E-state index contributed by atoms with van der Waals surface area (Å²) >= 11 is 0. The lowest BCUT2D eigenvalue weighted by Crippen LogP contribution is -1.63. The van der Waals surface area contributed by atoms with Crippen LogP contribution in [0.25, 0.3) is 0 Å². The highest BCUT2D eigenvalue weighted by molar-refractivity contribution is 8.31. The van der Waals surface area contributed by atoms with Gasteiger partial charge in [0.15, 0.2) is 31.0 Å². The first kappa shape index (κ1) is 9.58. The van der Waals surface area contributed by atoms with E-state index in [0.717, 1.165) is 0 Å². The van der Waals surface area contributed by atoms with E-state index in [1.165, 1.54) is 0 Å². The summed E-state index contributed by atoms with van der Waals surface area (Å²) in [4.78, 5) is 0. The first-order chi connectivity index (χ1) is 1.73. The molecular formula is Cl2OPS. The summed E-state index contributed by atoms with van der Waals surface area (Å²) in [5, 5.41) is 0. The molecule has 0 bridgehead atoms. The fraction of sp³-hybridized carbons (Fsp3) is 0. The lowest BCUT2D eigenvalue weighted by Gasteiger charge is -1.73. The minimum atomic E-state index is -1.67. The summed E-state index contributed by atoms with van der Waals surface area (Å²) in [6.07, 6.45) is 0. The molecule has 1 nitrogen and oxygen atoms in total. The van der Waals surface area contributed by atoms with Crippen molar-refractivity contribution in [3.63, 3.8) is 0 Å². The number of rotatable bonds is 0. The Balaban J connectivity index is 0. The Morgan fingerprint density at radius 1 is 1.40 bits per heavy atom. The van der Waals surface area contributed by atoms with Crippen molar-refractivity contribution in [3.05, 3.63) is 0 Å². The molecule has 0 aromatic carbocycles. The molecule has 0 atom stereocenters. The molecule has 5 heteroatoms. The molecule has 0 unspecified atom stereocenters. The second kappa shape index (κ2) is 5.32. The van der Waals surface area contributed by atoms with E-state index < -0.39 is 9.60 Å². The van der Waals surface area contributed by atoms with Gasteiger partial charge in [-0.25, -0.2) is 0 Å². The molecule has 0 heterocycles. The van der Waals surface area contributed by atoms with Gasteiger partial charge >= 0.3 is 0 Å². The summed E-state index contributed by atoms with van der Waals surface area (Å²) in [5.74, 6) is 0. The monoisotopic (exact) mass is 149 g/mol. The van der Waals surface area contributed by atoms with Crippen molar-refractivity contribution >= 4 is 40.9 Å². The molecule has 0 amide bonds. The third kappa shape index (κ3) is 33.7. The van der Waals surface area contributed by atoms with Gasteiger partial charge in [-0.3, -0.25) is 0 Å². The summed E-state index contributed by atoms with van der Waals surface area (Å²) in [6.45, 7) is 0. The van der Waals surface area contributed by atoms with Crippen molar-refractivity contribution in [2.45, 2.75) is 0 Å². The van der Waals surface area contributed by atoms with Crippen LogP contribution in [-0.4, -0.2) is 4.55 Å². The Bertz CT molecular complexity index is 14.4. The van der Waals surface area contributed by atoms with Crippen molar-refractivity contribution in [2.75, 3.05) is 0 Å². The van der Waals surface area contributed by atoms with E-state index in [9.17, 15) is 0 Å². The van der Waals surface area contributed by atoms with Gasteiger partial charge in [-0.2, -0.15) is 0 Å². The molecule has 0 saturated heterocycles. The molecule has 0 rings (SSSR count). The lowest BCUT2D eigenvalue weighted by molar-refractivity contribution is 0.620. The van der Waals surface area contributed by atoms with Gasteiger partial charge in [-0.05, 0) is 0 Å². The van der Waals surface area contributed by atoms with Crippen LogP contribution in [-0.2, 0) is 9.60 Å². The second-order valence-electron chi connectivity index (χ2n) is 0.184. The molecule has 0 spiro atoms. The van der Waals surface area contributed by atoms with Crippen LogP contribution in [0.1, 0.15) is 0 Å². The second-order valence-corrected chi connectivity index (χ2v) is 2.71. The van der Waals surface area contributed by atoms with E-state index in [4.69, 9.17) is 4.55 Å². The summed E-state index contributed by atoms with van der Waals surface area (Å²) in [7, 11) is 7.36. The standard InChI is InChI=1S/Cl2OS.P/c1-4(2)3;. The zero-order valence-electron chi connectivity index (χ0n) is 2.02. The topological polar surface area (TPSA) is 23.1 Å². The van der Waals surface area contributed by atoms with Crippen molar-refractivity contribution in [1.29, 1.82) is 0 Å². The van der Waals surface area contributed by atoms with Gasteiger partial charge in [0.2, 0.25) is 0 Å². The predicted molar refractivity (Wildman–Crippen MR) is 26.8 cm³/mol. The van der Waals surface area contributed by atoms with E-state index in [-0.39, 0.29) is 9.90 Å². The van der Waals surface area contributed by atoms with Crippen LogP contribution in [0.3, 0.4) is 0 Å². The normalized spacial score (nSPS) is 7.20. The Labute approximate surface area is 45.8 Å². The van der Waals surface area contributed by atoms with E-state index >= 15 is 0 Å². The van der Waals surface area contributed by atoms with Gasteiger partial charge in [0.1, 0.15) is 0 Å². The molecule has 3 radical (unpaired) electrons. The average molecular weight is 150 g/mol. The van der Waals surface area contributed by atoms with Crippen LogP contribution in [0.5, 0.6) is 0 Å². The highest BCUT2D eigenvalue weighted by Crippen LogP contribution is 1.98. The molecular weight excluding hydrogens is 150 g/mol. The van der Waals surface area contributed by atoms with Gasteiger partial charge < -0.3 is 4.55 Å². The minimum Gasteiger partial charge on any atom is -0.582 e. The highest BCUT2D eigenvalue weighted by Gasteiger charge is 1.83. The Hall–Kier alpha value is 1.32. The predicted octanol–water partition coefficient (Wildman–Crippen LogP) is 1.90. The Morgan fingerprint density at radius 3 is 1.40 bits per heavy atom. The van der Waals surface area contributed by atoms with Crippen LogP contribution in [0.4, 0.5) is 0 Å². The number of hydrogen-bond donors (Lipinski definition) is 0. The van der Waals surface area contributed by atoms with Gasteiger partial charge in [0.05, 0.1) is 0 Å². The number of halogens is 2. The van der Waals surface area contributed by atoms with E-state index in [0.29, 0.717) is 0 Å². The van der Waals surface area contributed by atoms with Gasteiger partial charge in [0.25, 0.3) is 0 Å². The molecule has 0 fully saturated rings. The van der Waals surface area contributed by atoms with Crippen molar-refractivity contribution in [1.82, 2.24) is 0 Å². The molecule has 0 aliphatic carbocycles. The third-order valence-corrected chi connectivity index (χ3v) is 0. The Kier molecular flexibility index (Phi) is 10.2. The zero-order valence-corrected chi connectivity index (χ0v) is 5.24. The summed E-state index contributed by atoms with van der Waals surface area (Å²) in [6, 6.07) is 0. The maximum Gasteiger partial charge on any atom is 0.198 e. The van der Waals surface area contributed by atoms with Gasteiger partial charge in [-0.1, -0.05) is 0 Å². The molecule has 5 heavy (non-hydrogen) atoms. The lowest BCUT2D eigenvalue weighted by atomic mass is 15.9. The van der Waals surface area contributed by atoms with Crippen LogP contribution in [0, 0.1) is 0 Å². The van der Waals surface area contributed by atoms with Crippen molar-refractivity contribution in [3.8, 4) is 0 Å². The molecule has 0 saturated carbocycles. The fourth-order valence-electron chi connectivity index (χ4n) is 0. The van der Waals surface area contributed by atoms with Gasteiger partial charge in [-0.15, -0.1) is 0 Å². The highest BCUT2D eigenvalue weighted by atomic mass is 36.0. The molecule has 0 aromatic rings. The average Bonchev–Trinajstić information content (AvgIpc) is 0.811. The van der Waals surface area contributed by atoms with E-state index in [1.54, 1.807) is 0 Å². The summed E-state index contributed by atoms with van der Waals surface area (Å²) < 4.78 is 9.09. The van der Waals surface area contributed by atoms with E-state index in [2.05, 4.69) is 21.4 Å². The van der Waals surface area contributed by atoms with Crippen LogP contribution in [0.2, 0.25) is 0 Å². The molecule has 0 aromatic heterocycles. The third-order valence-electron chi connectivity index (χ3n) is 0. The fourth-order valence-corrected chi connectivity index (χ4v) is 0. The minimum absolute atomic E-state index is 0. The number of hydrogen-bond acceptors (Lipinski definition) is 1. The largest absolute Gasteiger partial charge is 0.582 e. The van der Waals surface area contributed by atoms with Crippen LogP contribution < -0.4 is 0 Å². The van der Waals surface area contributed by atoms with Gasteiger partial charge in [0, 0.05) is 9.90 Å². The van der Waals surface area contributed by atoms with E-state index in [1.807, 2.05) is 0 Å². The maximum atomic E-state index is 9.09. The molecule has 0 N–H and O–H groups in total. The first-order valence-electron chi connectivity index (χ1n) is 0.475. The quantitative estimate of drug-likeness (QED) is 0.382. The van der Waals surface area contributed by atoms with Crippen LogP contribution >= 0.6 is 31.3 Å². The maximum absolute atomic E-state index is 9.09. The van der Waals surface area contributed by atoms with Crippen molar-refractivity contribution in [2.24, 2.45) is 0 Å². The molecule has 0 aliphatic heterocycles. The van der Waals surface area contributed by atoms with Crippen LogP contribution in [0.15, 0.2) is 0 Å².